The van der Waals surface area contributed by atoms with Gasteiger partial charge < -0.3 is 21.1 Å². The summed E-state index contributed by atoms with van der Waals surface area (Å²) in [6.07, 6.45) is -0.260. The topological polar surface area (TPSA) is 111 Å². The fourth-order valence-electron chi connectivity index (χ4n) is 3.36. The van der Waals surface area contributed by atoms with Gasteiger partial charge in [-0.2, -0.15) is 0 Å². The van der Waals surface area contributed by atoms with Crippen LogP contribution in [0.5, 0.6) is 0 Å². The second-order valence-corrected chi connectivity index (χ2v) is 8.99. The quantitative estimate of drug-likeness (QED) is 0.325. The van der Waals surface area contributed by atoms with E-state index in [1.165, 1.54) is 0 Å². The normalized spacial score (nSPS) is 12.3. The summed E-state index contributed by atoms with van der Waals surface area (Å²) in [7, 11) is 0. The molecule has 0 unspecified atom stereocenters. The number of carbonyl (C=O) groups is 3. The summed E-state index contributed by atoms with van der Waals surface area (Å²) in [5.41, 5.74) is 8.11. The number of hydrogen-bond donors (Lipinski definition) is 3. The van der Waals surface area contributed by atoms with Crippen molar-refractivity contribution in [3.05, 3.63) is 105 Å². The minimum absolute atomic E-state index is 0.0723. The van der Waals surface area contributed by atoms with Gasteiger partial charge in [0.15, 0.2) is 0 Å². The maximum Gasteiger partial charge on any atom is 0.408 e. The van der Waals surface area contributed by atoms with Crippen LogP contribution in [0.1, 0.15) is 16.7 Å². The lowest BCUT2D eigenvalue weighted by Crippen LogP contribution is -2.54. The van der Waals surface area contributed by atoms with Gasteiger partial charge in [0.05, 0.1) is 0 Å². The van der Waals surface area contributed by atoms with E-state index in [1.807, 2.05) is 84.9 Å². The van der Waals surface area contributed by atoms with Crippen molar-refractivity contribution in [1.82, 2.24) is 10.6 Å². The van der Waals surface area contributed by atoms with E-state index in [0.717, 1.165) is 20.3 Å². The van der Waals surface area contributed by atoms with Crippen molar-refractivity contribution in [2.45, 2.75) is 31.5 Å². The molecule has 0 radical (unpaired) electrons. The smallest absolute Gasteiger partial charge is 0.408 e. The van der Waals surface area contributed by atoms with Crippen molar-refractivity contribution in [1.29, 1.82) is 0 Å². The summed E-state index contributed by atoms with van der Waals surface area (Å²) >= 11 is 2.18. The Hall–Kier alpha value is -3.40. The number of rotatable bonds is 10. The van der Waals surface area contributed by atoms with E-state index in [9.17, 15) is 14.4 Å². The first-order chi connectivity index (χ1) is 16.4. The molecule has 0 saturated carbocycles. The van der Waals surface area contributed by atoms with Crippen LogP contribution in [0.2, 0.25) is 0 Å². The fraction of sp³-hybridized carbons (Fsp3) is 0.192. The zero-order chi connectivity index (χ0) is 24.3. The molecule has 0 aromatic heterocycles. The van der Waals surface area contributed by atoms with Gasteiger partial charge in [-0.15, -0.1) is 0 Å². The Morgan fingerprint density at radius 1 is 0.765 bits per heavy atom. The van der Waals surface area contributed by atoms with Crippen LogP contribution in [0.4, 0.5) is 4.79 Å². The SMILES string of the molecule is NC(=O)[C@@H](Cc1cccc(I)c1)NC(=O)[C@H](Cc1ccccc1)NC(=O)OCc1ccccc1. The molecule has 34 heavy (non-hydrogen) atoms. The molecule has 3 rings (SSSR count). The molecule has 8 heteroatoms. The highest BCUT2D eigenvalue weighted by atomic mass is 127. The number of nitrogens with one attached hydrogen (secondary N) is 2. The van der Waals surface area contributed by atoms with E-state index < -0.39 is 30.0 Å². The summed E-state index contributed by atoms with van der Waals surface area (Å²) < 4.78 is 6.29. The van der Waals surface area contributed by atoms with Crippen molar-refractivity contribution in [3.63, 3.8) is 0 Å². The van der Waals surface area contributed by atoms with Crippen molar-refractivity contribution < 1.29 is 19.1 Å². The number of benzene rings is 3. The van der Waals surface area contributed by atoms with Crippen molar-refractivity contribution in [2.24, 2.45) is 5.73 Å². The maximum absolute atomic E-state index is 13.1. The number of hydrogen-bond acceptors (Lipinski definition) is 4. The number of carbonyl (C=O) groups excluding carboxylic acids is 3. The molecule has 3 aromatic carbocycles. The molecular weight excluding hydrogens is 545 g/mol. The highest BCUT2D eigenvalue weighted by Crippen LogP contribution is 2.11. The first-order valence-corrected chi connectivity index (χ1v) is 11.8. The Balaban J connectivity index is 1.69. The third-order valence-electron chi connectivity index (χ3n) is 5.09. The second kappa shape index (κ2) is 12.7. The van der Waals surface area contributed by atoms with Gasteiger partial charge in [0.1, 0.15) is 18.7 Å². The summed E-state index contributed by atoms with van der Waals surface area (Å²) in [5.74, 6) is -1.17. The number of primary amides is 1. The van der Waals surface area contributed by atoms with Gasteiger partial charge in [-0.05, 0) is 51.4 Å². The second-order valence-electron chi connectivity index (χ2n) is 7.75. The van der Waals surface area contributed by atoms with Gasteiger partial charge in [-0.1, -0.05) is 72.8 Å². The standard InChI is InChI=1S/C26H26IN3O4/c27-21-13-7-12-20(14-21)16-22(24(28)31)29-25(32)23(15-18-8-3-1-4-9-18)30-26(33)34-17-19-10-5-2-6-11-19/h1-14,22-23H,15-17H2,(H2,28,31)(H,29,32)(H,30,33)/t22-,23+/m1/s1. The maximum atomic E-state index is 13.1. The van der Waals surface area contributed by atoms with Gasteiger partial charge >= 0.3 is 6.09 Å². The molecule has 0 aliphatic rings. The van der Waals surface area contributed by atoms with Gasteiger partial charge in [-0.25, -0.2) is 4.79 Å². The molecule has 0 heterocycles. The van der Waals surface area contributed by atoms with Crippen LogP contribution in [0, 0.1) is 3.57 Å². The number of halogens is 1. The van der Waals surface area contributed by atoms with E-state index in [2.05, 4.69) is 33.2 Å². The zero-order valence-electron chi connectivity index (χ0n) is 18.4. The number of nitrogens with two attached hydrogens (primary N) is 1. The van der Waals surface area contributed by atoms with Crippen molar-refractivity contribution in [3.8, 4) is 0 Å². The molecule has 0 saturated heterocycles. The van der Waals surface area contributed by atoms with Crippen LogP contribution >= 0.6 is 22.6 Å². The third-order valence-corrected chi connectivity index (χ3v) is 5.76. The molecule has 0 spiro atoms. The molecule has 3 amide bonds. The van der Waals surface area contributed by atoms with E-state index >= 15 is 0 Å². The van der Waals surface area contributed by atoms with Crippen LogP contribution in [-0.2, 0) is 33.8 Å². The van der Waals surface area contributed by atoms with Crippen LogP contribution in [-0.4, -0.2) is 30.0 Å². The van der Waals surface area contributed by atoms with Gasteiger partial charge in [0.2, 0.25) is 11.8 Å². The van der Waals surface area contributed by atoms with E-state index in [4.69, 9.17) is 10.5 Å². The molecule has 176 valence electrons. The molecular formula is C26H26IN3O4. The molecule has 0 aliphatic carbocycles. The number of amides is 3. The van der Waals surface area contributed by atoms with Gasteiger partial charge in [0, 0.05) is 16.4 Å². The predicted molar refractivity (Wildman–Crippen MR) is 138 cm³/mol. The van der Waals surface area contributed by atoms with E-state index in [1.54, 1.807) is 0 Å². The molecule has 0 aliphatic heterocycles. The van der Waals surface area contributed by atoms with Gasteiger partial charge in [-0.3, -0.25) is 9.59 Å². The van der Waals surface area contributed by atoms with Gasteiger partial charge in [0.25, 0.3) is 0 Å². The Morgan fingerprint density at radius 2 is 1.35 bits per heavy atom. The monoisotopic (exact) mass is 571 g/mol. The zero-order valence-corrected chi connectivity index (χ0v) is 20.6. The summed E-state index contributed by atoms with van der Waals surface area (Å²) in [6.45, 7) is 0.0723. The molecule has 7 nitrogen and oxygen atoms in total. The lowest BCUT2D eigenvalue weighted by atomic mass is 10.0. The van der Waals surface area contributed by atoms with Crippen LogP contribution in [0.25, 0.3) is 0 Å². The fourth-order valence-corrected chi connectivity index (χ4v) is 3.97. The Bertz CT molecular complexity index is 1110. The molecule has 3 aromatic rings. The summed E-state index contributed by atoms with van der Waals surface area (Å²) in [6, 6.07) is 24.2. The highest BCUT2D eigenvalue weighted by molar-refractivity contribution is 14.1. The summed E-state index contributed by atoms with van der Waals surface area (Å²) in [5, 5.41) is 5.32. The van der Waals surface area contributed by atoms with E-state index in [-0.39, 0.29) is 19.4 Å². The largest absolute Gasteiger partial charge is 0.445 e. The summed E-state index contributed by atoms with van der Waals surface area (Å²) in [4.78, 5) is 37.7. The Kier molecular flexibility index (Phi) is 9.45. The minimum Gasteiger partial charge on any atom is -0.445 e. The lowest BCUT2D eigenvalue weighted by molar-refractivity contribution is -0.128. The molecule has 4 N–H and O–H groups in total. The third kappa shape index (κ3) is 8.18. The average Bonchev–Trinajstić information content (AvgIpc) is 2.83. The Morgan fingerprint density at radius 3 is 1.97 bits per heavy atom. The highest BCUT2D eigenvalue weighted by Gasteiger charge is 2.26. The van der Waals surface area contributed by atoms with Crippen molar-refractivity contribution >= 4 is 40.5 Å². The van der Waals surface area contributed by atoms with E-state index in [0.29, 0.717) is 0 Å². The predicted octanol–water partition coefficient (Wildman–Crippen LogP) is 3.34. The van der Waals surface area contributed by atoms with Crippen molar-refractivity contribution in [2.75, 3.05) is 0 Å². The number of alkyl carbamates (subject to hydrolysis) is 1. The minimum atomic E-state index is -0.955. The number of ether oxygens (including phenoxy) is 1. The van der Waals surface area contributed by atoms with Crippen LogP contribution in [0.15, 0.2) is 84.9 Å². The molecule has 0 fully saturated rings. The van der Waals surface area contributed by atoms with Crippen LogP contribution < -0.4 is 16.4 Å². The average molecular weight is 571 g/mol. The molecule has 2 atom stereocenters. The molecule has 0 bridgehead atoms. The van der Waals surface area contributed by atoms with Crippen LogP contribution in [0.3, 0.4) is 0 Å². The Labute approximate surface area is 212 Å². The first kappa shape index (κ1) is 25.2. The lowest BCUT2D eigenvalue weighted by Gasteiger charge is -2.22. The first-order valence-electron chi connectivity index (χ1n) is 10.8.